The standard InChI is InChI=1S/C12H10FN3O4S/c13-11-5-2-6-14-12(11)21(19,20)15-8-9-3-1-4-10(7-9)16(17)18/h1-7,15H,8H2. The van der Waals surface area contributed by atoms with Crippen molar-refractivity contribution in [3.05, 3.63) is 64.1 Å². The van der Waals surface area contributed by atoms with E-state index < -0.39 is 25.8 Å². The van der Waals surface area contributed by atoms with Crippen molar-refractivity contribution in [2.24, 2.45) is 0 Å². The van der Waals surface area contributed by atoms with Gasteiger partial charge in [-0.15, -0.1) is 0 Å². The third-order valence-electron chi connectivity index (χ3n) is 2.57. The van der Waals surface area contributed by atoms with E-state index in [2.05, 4.69) is 9.71 Å². The predicted molar refractivity (Wildman–Crippen MR) is 71.3 cm³/mol. The molecule has 21 heavy (non-hydrogen) atoms. The van der Waals surface area contributed by atoms with E-state index in [4.69, 9.17) is 0 Å². The number of nitro benzene ring substituents is 1. The van der Waals surface area contributed by atoms with E-state index in [1.54, 1.807) is 0 Å². The van der Waals surface area contributed by atoms with Crippen LogP contribution in [0.1, 0.15) is 5.56 Å². The van der Waals surface area contributed by atoms with Crippen LogP contribution in [0, 0.1) is 15.9 Å². The molecule has 9 heteroatoms. The van der Waals surface area contributed by atoms with Crippen LogP contribution in [-0.4, -0.2) is 18.3 Å². The lowest BCUT2D eigenvalue weighted by Gasteiger charge is -2.06. The Hall–Kier alpha value is -2.39. The lowest BCUT2D eigenvalue weighted by atomic mass is 10.2. The van der Waals surface area contributed by atoms with E-state index in [-0.39, 0.29) is 12.2 Å². The van der Waals surface area contributed by atoms with Crippen LogP contribution in [0.25, 0.3) is 0 Å². The van der Waals surface area contributed by atoms with Gasteiger partial charge in [-0.1, -0.05) is 12.1 Å². The van der Waals surface area contributed by atoms with Crippen molar-refractivity contribution in [2.75, 3.05) is 0 Å². The minimum absolute atomic E-state index is 0.157. The van der Waals surface area contributed by atoms with Crippen molar-refractivity contribution in [1.29, 1.82) is 0 Å². The maximum atomic E-state index is 13.4. The summed E-state index contributed by atoms with van der Waals surface area (Å²) in [6.07, 6.45) is 1.16. The largest absolute Gasteiger partial charge is 0.269 e. The van der Waals surface area contributed by atoms with Gasteiger partial charge < -0.3 is 0 Å². The lowest BCUT2D eigenvalue weighted by Crippen LogP contribution is -2.25. The fourth-order valence-corrected chi connectivity index (χ4v) is 2.61. The van der Waals surface area contributed by atoms with Gasteiger partial charge in [0, 0.05) is 24.9 Å². The van der Waals surface area contributed by atoms with Crippen LogP contribution < -0.4 is 4.72 Å². The Balaban J connectivity index is 2.18. The monoisotopic (exact) mass is 311 g/mol. The van der Waals surface area contributed by atoms with Crippen molar-refractivity contribution in [2.45, 2.75) is 11.6 Å². The molecular formula is C12H10FN3O4S. The van der Waals surface area contributed by atoms with Crippen LogP contribution in [0.15, 0.2) is 47.6 Å². The van der Waals surface area contributed by atoms with E-state index in [1.807, 2.05) is 0 Å². The van der Waals surface area contributed by atoms with E-state index in [0.29, 0.717) is 5.56 Å². The van der Waals surface area contributed by atoms with E-state index >= 15 is 0 Å². The number of benzene rings is 1. The van der Waals surface area contributed by atoms with Crippen molar-refractivity contribution in [3.63, 3.8) is 0 Å². The number of hydrogen-bond acceptors (Lipinski definition) is 5. The quantitative estimate of drug-likeness (QED) is 0.667. The van der Waals surface area contributed by atoms with Gasteiger partial charge in [-0.2, -0.15) is 0 Å². The molecule has 0 aliphatic heterocycles. The van der Waals surface area contributed by atoms with Gasteiger partial charge in [0.25, 0.3) is 15.7 Å². The van der Waals surface area contributed by atoms with Gasteiger partial charge in [0.05, 0.1) is 4.92 Å². The van der Waals surface area contributed by atoms with Gasteiger partial charge >= 0.3 is 0 Å². The third-order valence-corrected chi connectivity index (χ3v) is 3.90. The number of halogens is 1. The SMILES string of the molecule is O=[N+]([O-])c1cccc(CNS(=O)(=O)c2ncccc2F)c1. The zero-order chi connectivity index (χ0) is 15.5. The maximum Gasteiger partial charge on any atom is 0.269 e. The minimum Gasteiger partial charge on any atom is -0.258 e. The van der Waals surface area contributed by atoms with Gasteiger partial charge in [-0.3, -0.25) is 10.1 Å². The Bertz CT molecular complexity index is 780. The summed E-state index contributed by atoms with van der Waals surface area (Å²) < 4.78 is 39.4. The zero-order valence-corrected chi connectivity index (χ0v) is 11.4. The fourth-order valence-electron chi connectivity index (χ4n) is 1.60. The highest BCUT2D eigenvalue weighted by atomic mass is 32.2. The Morgan fingerprint density at radius 2 is 2.05 bits per heavy atom. The van der Waals surface area contributed by atoms with Gasteiger partial charge in [-0.05, 0) is 17.7 Å². The van der Waals surface area contributed by atoms with Crippen LogP contribution in [-0.2, 0) is 16.6 Å². The molecule has 0 spiro atoms. The Labute approximate surface area is 119 Å². The molecule has 0 aliphatic rings. The van der Waals surface area contributed by atoms with Gasteiger partial charge in [-0.25, -0.2) is 22.5 Å². The molecular weight excluding hydrogens is 301 g/mol. The minimum atomic E-state index is -4.13. The molecule has 1 N–H and O–H groups in total. The highest BCUT2D eigenvalue weighted by Crippen LogP contribution is 2.14. The number of hydrogen-bond donors (Lipinski definition) is 1. The Morgan fingerprint density at radius 1 is 1.29 bits per heavy atom. The molecule has 1 aromatic heterocycles. The first-order valence-electron chi connectivity index (χ1n) is 5.73. The summed E-state index contributed by atoms with van der Waals surface area (Å²) in [4.78, 5) is 13.5. The van der Waals surface area contributed by atoms with E-state index in [1.165, 1.54) is 30.3 Å². The van der Waals surface area contributed by atoms with Crippen molar-refractivity contribution in [3.8, 4) is 0 Å². The Morgan fingerprint density at radius 3 is 2.71 bits per heavy atom. The maximum absolute atomic E-state index is 13.4. The third kappa shape index (κ3) is 3.58. The highest BCUT2D eigenvalue weighted by molar-refractivity contribution is 7.89. The van der Waals surface area contributed by atoms with E-state index in [9.17, 15) is 22.9 Å². The second-order valence-electron chi connectivity index (χ2n) is 4.04. The summed E-state index contributed by atoms with van der Waals surface area (Å²) in [6, 6.07) is 7.73. The van der Waals surface area contributed by atoms with Crippen LogP contribution in [0.5, 0.6) is 0 Å². The number of nitrogens with zero attached hydrogens (tertiary/aromatic N) is 2. The topological polar surface area (TPSA) is 102 Å². The second kappa shape index (κ2) is 5.94. The van der Waals surface area contributed by atoms with Gasteiger partial charge in [0.1, 0.15) is 0 Å². The number of non-ortho nitro benzene ring substituents is 1. The zero-order valence-electron chi connectivity index (χ0n) is 10.6. The van der Waals surface area contributed by atoms with Crippen molar-refractivity contribution in [1.82, 2.24) is 9.71 Å². The van der Waals surface area contributed by atoms with Crippen molar-refractivity contribution >= 4 is 15.7 Å². The summed E-state index contributed by atoms with van der Waals surface area (Å²) in [5.74, 6) is -0.968. The second-order valence-corrected chi connectivity index (χ2v) is 5.72. The summed E-state index contributed by atoms with van der Waals surface area (Å²) in [6.45, 7) is -0.208. The van der Waals surface area contributed by atoms with Crippen LogP contribution in [0.3, 0.4) is 0 Å². The Kier molecular flexibility index (Phi) is 4.24. The summed E-state index contributed by atoms with van der Waals surface area (Å²) in [5, 5.41) is 9.92. The molecule has 0 fully saturated rings. The molecule has 1 aromatic carbocycles. The van der Waals surface area contributed by atoms with Crippen LogP contribution in [0.2, 0.25) is 0 Å². The molecule has 0 radical (unpaired) electrons. The highest BCUT2D eigenvalue weighted by Gasteiger charge is 2.20. The molecule has 0 saturated carbocycles. The molecule has 0 bridgehead atoms. The number of nitro groups is 1. The molecule has 2 rings (SSSR count). The van der Waals surface area contributed by atoms with Gasteiger partial charge in [0.2, 0.25) is 5.03 Å². The van der Waals surface area contributed by atoms with Crippen LogP contribution >= 0.6 is 0 Å². The van der Waals surface area contributed by atoms with Gasteiger partial charge in [0.15, 0.2) is 5.82 Å². The molecule has 7 nitrogen and oxygen atoms in total. The van der Waals surface area contributed by atoms with Crippen molar-refractivity contribution < 1.29 is 17.7 Å². The average molecular weight is 311 g/mol. The molecule has 0 saturated heterocycles. The number of pyridine rings is 1. The molecule has 0 atom stereocenters. The number of sulfonamides is 1. The average Bonchev–Trinajstić information content (AvgIpc) is 2.46. The molecule has 0 aliphatic carbocycles. The number of rotatable bonds is 5. The molecule has 2 aromatic rings. The molecule has 110 valence electrons. The first-order chi connectivity index (χ1) is 9.90. The van der Waals surface area contributed by atoms with Crippen LogP contribution in [0.4, 0.5) is 10.1 Å². The van der Waals surface area contributed by atoms with E-state index in [0.717, 1.165) is 12.3 Å². The summed E-state index contributed by atoms with van der Waals surface area (Å²) in [5.41, 5.74) is 0.222. The summed E-state index contributed by atoms with van der Waals surface area (Å²) in [7, 11) is -4.13. The fraction of sp³-hybridized carbons (Fsp3) is 0.0833. The summed E-state index contributed by atoms with van der Waals surface area (Å²) >= 11 is 0. The number of nitrogens with one attached hydrogen (secondary N) is 1. The first kappa shape index (κ1) is 15.0. The molecule has 0 amide bonds. The number of aromatic nitrogens is 1. The normalized spacial score (nSPS) is 11.3. The predicted octanol–water partition coefficient (Wildman–Crippen LogP) is 1.61. The molecule has 0 unspecified atom stereocenters. The molecule has 1 heterocycles. The smallest absolute Gasteiger partial charge is 0.258 e. The lowest BCUT2D eigenvalue weighted by molar-refractivity contribution is -0.384. The first-order valence-corrected chi connectivity index (χ1v) is 7.22.